The van der Waals surface area contributed by atoms with Gasteiger partial charge in [-0.15, -0.1) is 0 Å². The molecule has 1 aliphatic rings. The highest BCUT2D eigenvalue weighted by atomic mass is 79.9. The van der Waals surface area contributed by atoms with Crippen molar-refractivity contribution in [1.82, 2.24) is 15.5 Å². The molecule has 3 rings (SSSR count). The van der Waals surface area contributed by atoms with Gasteiger partial charge in [-0.25, -0.2) is 0 Å². The fourth-order valence-electron chi connectivity index (χ4n) is 2.03. The van der Waals surface area contributed by atoms with Crippen LogP contribution in [0.4, 0.5) is 0 Å². The van der Waals surface area contributed by atoms with Gasteiger partial charge in [0.05, 0.1) is 11.1 Å². The molecule has 0 radical (unpaired) electrons. The summed E-state index contributed by atoms with van der Waals surface area (Å²) in [6.45, 7) is 1.01. The van der Waals surface area contributed by atoms with Crippen molar-refractivity contribution in [3.63, 3.8) is 0 Å². The lowest BCUT2D eigenvalue weighted by Gasteiger charge is -2.01. The molecule has 0 saturated carbocycles. The van der Waals surface area contributed by atoms with Gasteiger partial charge in [0, 0.05) is 10.0 Å². The monoisotopic (exact) mass is 327 g/mol. The van der Waals surface area contributed by atoms with E-state index in [4.69, 9.17) is 16.1 Å². The zero-order valence-corrected chi connectivity index (χ0v) is 11.8. The Labute approximate surface area is 118 Å². The minimum atomic E-state index is 0.221. The highest BCUT2D eigenvalue weighted by Crippen LogP contribution is 2.29. The Morgan fingerprint density at radius 1 is 1.44 bits per heavy atom. The predicted molar refractivity (Wildman–Crippen MR) is 72.4 cm³/mol. The molecule has 18 heavy (non-hydrogen) atoms. The Bertz CT molecular complexity index is 566. The fraction of sp³-hybridized carbons (Fsp3) is 0.333. The van der Waals surface area contributed by atoms with Crippen molar-refractivity contribution < 1.29 is 4.52 Å². The number of halogens is 2. The molecule has 94 valence electrons. The molecule has 1 aliphatic heterocycles. The van der Waals surface area contributed by atoms with E-state index in [1.165, 1.54) is 0 Å². The molecule has 0 spiro atoms. The minimum Gasteiger partial charge on any atom is -0.334 e. The van der Waals surface area contributed by atoms with Crippen molar-refractivity contribution in [1.29, 1.82) is 0 Å². The molecule has 2 heterocycles. The van der Waals surface area contributed by atoms with Crippen LogP contribution >= 0.6 is 27.5 Å². The maximum absolute atomic E-state index is 5.95. The topological polar surface area (TPSA) is 51.0 Å². The third-order valence-corrected chi connectivity index (χ3v) is 4.19. The lowest BCUT2D eigenvalue weighted by molar-refractivity contribution is 0.412. The van der Waals surface area contributed by atoms with Gasteiger partial charge in [-0.1, -0.05) is 16.8 Å². The van der Waals surface area contributed by atoms with Crippen molar-refractivity contribution >= 4 is 27.5 Å². The molecule has 0 bridgehead atoms. The maximum atomic E-state index is 5.95. The van der Waals surface area contributed by atoms with Crippen molar-refractivity contribution in [2.45, 2.75) is 18.9 Å². The Morgan fingerprint density at radius 2 is 2.33 bits per heavy atom. The van der Waals surface area contributed by atoms with E-state index in [0.29, 0.717) is 10.9 Å². The predicted octanol–water partition coefficient (Wildman–Crippen LogP) is 3.58. The van der Waals surface area contributed by atoms with E-state index >= 15 is 0 Å². The molecule has 1 aromatic carbocycles. The third kappa shape index (κ3) is 2.30. The van der Waals surface area contributed by atoms with Gasteiger partial charge in [0.1, 0.15) is 0 Å². The smallest absolute Gasteiger partial charge is 0.258 e. The lowest BCUT2D eigenvalue weighted by atomic mass is 10.2. The molecular formula is C12H11BrClN3O. The fourth-order valence-corrected chi connectivity index (χ4v) is 2.52. The first-order chi connectivity index (χ1) is 8.74. The average Bonchev–Trinajstić information content (AvgIpc) is 3.01. The van der Waals surface area contributed by atoms with Crippen molar-refractivity contribution in [2.24, 2.45) is 0 Å². The van der Waals surface area contributed by atoms with E-state index in [9.17, 15) is 0 Å². The van der Waals surface area contributed by atoms with Gasteiger partial charge in [-0.05, 0) is 53.5 Å². The number of benzene rings is 1. The molecule has 1 saturated heterocycles. The number of aromatic nitrogens is 2. The first kappa shape index (κ1) is 12.1. The van der Waals surface area contributed by atoms with Crippen molar-refractivity contribution in [3.8, 4) is 11.5 Å². The maximum Gasteiger partial charge on any atom is 0.258 e. The summed E-state index contributed by atoms with van der Waals surface area (Å²) >= 11 is 9.34. The van der Waals surface area contributed by atoms with E-state index in [2.05, 4.69) is 31.4 Å². The van der Waals surface area contributed by atoms with Crippen LogP contribution in [-0.2, 0) is 0 Å². The van der Waals surface area contributed by atoms with Gasteiger partial charge < -0.3 is 9.84 Å². The summed E-state index contributed by atoms with van der Waals surface area (Å²) in [5.41, 5.74) is 0.864. The minimum absolute atomic E-state index is 0.221. The van der Waals surface area contributed by atoms with E-state index < -0.39 is 0 Å². The Kier molecular flexibility index (Phi) is 3.37. The highest BCUT2D eigenvalue weighted by molar-refractivity contribution is 9.10. The summed E-state index contributed by atoms with van der Waals surface area (Å²) < 4.78 is 6.11. The van der Waals surface area contributed by atoms with Crippen LogP contribution in [0.25, 0.3) is 11.5 Å². The van der Waals surface area contributed by atoms with Crippen LogP contribution in [0, 0.1) is 0 Å². The van der Waals surface area contributed by atoms with Crippen molar-refractivity contribution in [2.75, 3.05) is 6.54 Å². The molecular weight excluding hydrogens is 318 g/mol. The van der Waals surface area contributed by atoms with Crippen molar-refractivity contribution in [3.05, 3.63) is 33.5 Å². The number of hydrogen-bond donors (Lipinski definition) is 1. The van der Waals surface area contributed by atoms with E-state index in [1.54, 1.807) is 6.07 Å². The van der Waals surface area contributed by atoms with E-state index in [0.717, 1.165) is 35.2 Å². The van der Waals surface area contributed by atoms with Crippen LogP contribution in [0.3, 0.4) is 0 Å². The van der Waals surface area contributed by atoms with Gasteiger partial charge >= 0.3 is 0 Å². The van der Waals surface area contributed by atoms with E-state index in [-0.39, 0.29) is 6.04 Å². The second kappa shape index (κ2) is 4.99. The quantitative estimate of drug-likeness (QED) is 0.915. The summed E-state index contributed by atoms with van der Waals surface area (Å²) in [7, 11) is 0. The van der Waals surface area contributed by atoms with Crippen LogP contribution in [0.2, 0.25) is 5.02 Å². The van der Waals surface area contributed by atoms with Gasteiger partial charge in [0.25, 0.3) is 5.89 Å². The molecule has 4 nitrogen and oxygen atoms in total. The molecule has 1 fully saturated rings. The third-order valence-electron chi connectivity index (χ3n) is 2.98. The normalized spacial score (nSPS) is 19.3. The summed E-state index contributed by atoms with van der Waals surface area (Å²) in [5.74, 6) is 1.25. The molecule has 1 aromatic heterocycles. The largest absolute Gasteiger partial charge is 0.334 e. The van der Waals surface area contributed by atoms with Crippen LogP contribution in [0.15, 0.2) is 27.2 Å². The first-order valence-corrected chi connectivity index (χ1v) is 6.93. The number of hydrogen-bond acceptors (Lipinski definition) is 4. The Balaban J connectivity index is 1.89. The van der Waals surface area contributed by atoms with Crippen LogP contribution in [0.5, 0.6) is 0 Å². The molecule has 0 amide bonds. The zero-order valence-electron chi connectivity index (χ0n) is 9.49. The zero-order chi connectivity index (χ0) is 12.5. The average molecular weight is 329 g/mol. The summed E-state index contributed by atoms with van der Waals surface area (Å²) in [5, 5.41) is 8.04. The SMILES string of the molecule is Clc1ccc(-c2nc(C3CCCN3)no2)cc1Br. The lowest BCUT2D eigenvalue weighted by Crippen LogP contribution is -2.14. The Hall–Kier alpha value is -0.910. The van der Waals surface area contributed by atoms with Crippen LogP contribution < -0.4 is 5.32 Å². The second-order valence-electron chi connectivity index (χ2n) is 4.24. The molecule has 1 atom stereocenters. The summed E-state index contributed by atoms with van der Waals surface area (Å²) in [4.78, 5) is 4.43. The molecule has 2 aromatic rings. The molecule has 0 aliphatic carbocycles. The summed E-state index contributed by atoms with van der Waals surface area (Å²) in [6, 6.07) is 5.77. The molecule has 1 N–H and O–H groups in total. The number of rotatable bonds is 2. The van der Waals surface area contributed by atoms with Gasteiger partial charge in [0.2, 0.25) is 0 Å². The number of nitrogens with one attached hydrogen (secondary N) is 1. The highest BCUT2D eigenvalue weighted by Gasteiger charge is 2.22. The summed E-state index contributed by atoms with van der Waals surface area (Å²) in [6.07, 6.45) is 2.21. The molecule has 1 unspecified atom stereocenters. The molecule has 6 heteroatoms. The second-order valence-corrected chi connectivity index (χ2v) is 5.50. The standard InChI is InChI=1S/C12H11BrClN3O/c13-8-6-7(3-4-9(8)14)12-16-11(17-18-12)10-2-1-5-15-10/h3-4,6,10,15H,1-2,5H2. The number of nitrogens with zero attached hydrogens (tertiary/aromatic N) is 2. The van der Waals surface area contributed by atoms with Crippen LogP contribution in [0.1, 0.15) is 24.7 Å². The Morgan fingerprint density at radius 3 is 3.06 bits per heavy atom. The van der Waals surface area contributed by atoms with E-state index in [1.807, 2.05) is 12.1 Å². The van der Waals surface area contributed by atoms with Gasteiger partial charge in [-0.2, -0.15) is 4.98 Å². The first-order valence-electron chi connectivity index (χ1n) is 5.76. The van der Waals surface area contributed by atoms with Gasteiger partial charge in [0.15, 0.2) is 5.82 Å². The van der Waals surface area contributed by atoms with Crippen LogP contribution in [-0.4, -0.2) is 16.7 Å². The van der Waals surface area contributed by atoms with Gasteiger partial charge in [-0.3, -0.25) is 0 Å².